The highest BCUT2D eigenvalue weighted by Gasteiger charge is 2.24. The molecule has 0 saturated carbocycles. The van der Waals surface area contributed by atoms with E-state index < -0.39 is 0 Å². The maximum atomic E-state index is 11.4. The van der Waals surface area contributed by atoms with Crippen LogP contribution in [-0.2, 0) is 9.53 Å². The first-order chi connectivity index (χ1) is 6.65. The largest absolute Gasteiger partial charge is 0.465 e. The summed E-state index contributed by atoms with van der Waals surface area (Å²) in [7, 11) is 2.10. The predicted octanol–water partition coefficient (Wildman–Crippen LogP) is 0.185. The van der Waals surface area contributed by atoms with Crippen LogP contribution in [0.2, 0.25) is 0 Å². The van der Waals surface area contributed by atoms with Crippen LogP contribution in [0.3, 0.4) is 0 Å². The molecule has 82 valence electrons. The highest BCUT2D eigenvalue weighted by Crippen LogP contribution is 2.06. The van der Waals surface area contributed by atoms with Gasteiger partial charge in [-0.3, -0.25) is 9.69 Å². The van der Waals surface area contributed by atoms with Gasteiger partial charge in [-0.1, -0.05) is 0 Å². The molecule has 1 atom stereocenters. The van der Waals surface area contributed by atoms with Crippen LogP contribution in [0.1, 0.15) is 13.8 Å². The van der Waals surface area contributed by atoms with Crippen LogP contribution in [0, 0.1) is 0 Å². The molecule has 1 saturated heterocycles. The molecule has 0 aromatic carbocycles. The first-order valence-corrected chi connectivity index (χ1v) is 5.24. The SMILES string of the molecule is CCOC(=O)C(C)N1CCN(C)CC1. The van der Waals surface area contributed by atoms with Crippen molar-refractivity contribution in [1.82, 2.24) is 9.80 Å². The first-order valence-electron chi connectivity index (χ1n) is 5.24. The molecule has 0 aliphatic carbocycles. The van der Waals surface area contributed by atoms with Gasteiger partial charge in [-0.15, -0.1) is 0 Å². The molecule has 1 aliphatic rings. The quantitative estimate of drug-likeness (QED) is 0.609. The van der Waals surface area contributed by atoms with Gasteiger partial charge in [-0.25, -0.2) is 0 Å². The van der Waals surface area contributed by atoms with E-state index in [1.165, 1.54) is 0 Å². The van der Waals surface area contributed by atoms with Gasteiger partial charge in [0.05, 0.1) is 6.61 Å². The van der Waals surface area contributed by atoms with Gasteiger partial charge in [0.25, 0.3) is 0 Å². The van der Waals surface area contributed by atoms with Gasteiger partial charge >= 0.3 is 5.97 Å². The number of carbonyl (C=O) groups excluding carboxylic acids is 1. The molecule has 0 amide bonds. The molecule has 1 aliphatic heterocycles. The average molecular weight is 200 g/mol. The van der Waals surface area contributed by atoms with E-state index in [1.54, 1.807) is 0 Å². The van der Waals surface area contributed by atoms with Crippen LogP contribution in [0.4, 0.5) is 0 Å². The summed E-state index contributed by atoms with van der Waals surface area (Å²) in [5.74, 6) is -0.1000. The molecule has 4 nitrogen and oxygen atoms in total. The summed E-state index contributed by atoms with van der Waals surface area (Å²) in [6, 6.07) is -0.0938. The Kier molecular flexibility index (Phi) is 4.35. The van der Waals surface area contributed by atoms with E-state index in [0.29, 0.717) is 6.61 Å². The Hall–Kier alpha value is -0.610. The molecule has 1 heterocycles. The lowest BCUT2D eigenvalue weighted by Gasteiger charge is -2.35. The van der Waals surface area contributed by atoms with Crippen molar-refractivity contribution in [2.24, 2.45) is 0 Å². The van der Waals surface area contributed by atoms with E-state index in [2.05, 4.69) is 16.8 Å². The van der Waals surface area contributed by atoms with Gasteiger partial charge in [0.1, 0.15) is 6.04 Å². The van der Waals surface area contributed by atoms with Gasteiger partial charge in [-0.2, -0.15) is 0 Å². The van der Waals surface area contributed by atoms with Crippen molar-refractivity contribution in [2.75, 3.05) is 39.8 Å². The lowest BCUT2D eigenvalue weighted by Crippen LogP contribution is -2.50. The highest BCUT2D eigenvalue weighted by molar-refractivity contribution is 5.75. The third-order valence-corrected chi connectivity index (χ3v) is 2.71. The van der Waals surface area contributed by atoms with Gasteiger partial charge < -0.3 is 9.64 Å². The van der Waals surface area contributed by atoms with Gasteiger partial charge in [0, 0.05) is 26.2 Å². The summed E-state index contributed by atoms with van der Waals surface area (Å²) < 4.78 is 4.99. The summed E-state index contributed by atoms with van der Waals surface area (Å²) in [5.41, 5.74) is 0. The van der Waals surface area contributed by atoms with Crippen LogP contribution in [0.5, 0.6) is 0 Å². The molecule has 0 aromatic rings. The number of hydrogen-bond donors (Lipinski definition) is 0. The van der Waals surface area contributed by atoms with Crippen molar-refractivity contribution in [1.29, 1.82) is 0 Å². The smallest absolute Gasteiger partial charge is 0.323 e. The van der Waals surface area contributed by atoms with Crippen molar-refractivity contribution >= 4 is 5.97 Å². The number of nitrogens with zero attached hydrogens (tertiary/aromatic N) is 2. The Morgan fingerprint density at radius 1 is 1.36 bits per heavy atom. The summed E-state index contributed by atoms with van der Waals surface area (Å²) >= 11 is 0. The minimum Gasteiger partial charge on any atom is -0.465 e. The first kappa shape index (κ1) is 11.5. The summed E-state index contributed by atoms with van der Waals surface area (Å²) in [6.45, 7) is 8.20. The van der Waals surface area contributed by atoms with Crippen LogP contribution in [0.15, 0.2) is 0 Å². The Morgan fingerprint density at radius 2 is 1.93 bits per heavy atom. The van der Waals surface area contributed by atoms with E-state index in [-0.39, 0.29) is 12.0 Å². The van der Waals surface area contributed by atoms with Crippen LogP contribution in [0.25, 0.3) is 0 Å². The summed E-state index contributed by atoms with van der Waals surface area (Å²) in [6.07, 6.45) is 0. The van der Waals surface area contributed by atoms with Crippen molar-refractivity contribution in [3.8, 4) is 0 Å². The fourth-order valence-electron chi connectivity index (χ4n) is 1.62. The number of piperazine rings is 1. The predicted molar refractivity (Wildman–Crippen MR) is 55.2 cm³/mol. The molecule has 1 fully saturated rings. The third kappa shape index (κ3) is 2.96. The Morgan fingerprint density at radius 3 is 2.43 bits per heavy atom. The molecular formula is C10H20N2O2. The van der Waals surface area contributed by atoms with E-state index >= 15 is 0 Å². The molecule has 4 heteroatoms. The lowest BCUT2D eigenvalue weighted by molar-refractivity contribution is -0.149. The van der Waals surface area contributed by atoms with Crippen molar-refractivity contribution < 1.29 is 9.53 Å². The van der Waals surface area contributed by atoms with Gasteiger partial charge in [-0.05, 0) is 20.9 Å². The minimum atomic E-state index is -0.1000. The van der Waals surface area contributed by atoms with Crippen LogP contribution in [-0.4, -0.2) is 61.6 Å². The second-order valence-electron chi connectivity index (χ2n) is 3.77. The van der Waals surface area contributed by atoms with Crippen molar-refractivity contribution in [2.45, 2.75) is 19.9 Å². The molecule has 0 N–H and O–H groups in total. The van der Waals surface area contributed by atoms with Crippen LogP contribution >= 0.6 is 0 Å². The molecule has 1 unspecified atom stereocenters. The molecule has 1 rings (SSSR count). The molecule has 0 radical (unpaired) electrons. The molecule has 14 heavy (non-hydrogen) atoms. The van der Waals surface area contributed by atoms with Gasteiger partial charge in [0.15, 0.2) is 0 Å². The zero-order valence-electron chi connectivity index (χ0n) is 9.32. The monoisotopic (exact) mass is 200 g/mol. The van der Waals surface area contributed by atoms with Gasteiger partial charge in [0.2, 0.25) is 0 Å². The highest BCUT2D eigenvalue weighted by atomic mass is 16.5. The fourth-order valence-corrected chi connectivity index (χ4v) is 1.62. The number of ether oxygens (including phenoxy) is 1. The normalized spacial score (nSPS) is 21.9. The maximum absolute atomic E-state index is 11.4. The van der Waals surface area contributed by atoms with E-state index in [4.69, 9.17) is 4.74 Å². The summed E-state index contributed by atoms with van der Waals surface area (Å²) in [5, 5.41) is 0. The molecular weight excluding hydrogens is 180 g/mol. The summed E-state index contributed by atoms with van der Waals surface area (Å²) in [4.78, 5) is 15.9. The average Bonchev–Trinajstić information content (AvgIpc) is 2.18. The number of esters is 1. The number of rotatable bonds is 3. The van der Waals surface area contributed by atoms with E-state index in [0.717, 1.165) is 26.2 Å². The third-order valence-electron chi connectivity index (χ3n) is 2.71. The molecule has 0 bridgehead atoms. The van der Waals surface area contributed by atoms with Crippen molar-refractivity contribution in [3.63, 3.8) is 0 Å². The second-order valence-corrected chi connectivity index (χ2v) is 3.77. The number of likely N-dealkylation sites (N-methyl/N-ethyl adjacent to an activating group) is 1. The Balaban J connectivity index is 2.37. The number of hydrogen-bond acceptors (Lipinski definition) is 4. The Labute approximate surface area is 85.8 Å². The fraction of sp³-hybridized carbons (Fsp3) is 0.900. The molecule has 0 aromatic heterocycles. The zero-order chi connectivity index (χ0) is 10.6. The van der Waals surface area contributed by atoms with Crippen molar-refractivity contribution in [3.05, 3.63) is 0 Å². The molecule has 0 spiro atoms. The topological polar surface area (TPSA) is 32.8 Å². The number of carbonyl (C=O) groups is 1. The Bertz CT molecular complexity index is 189. The van der Waals surface area contributed by atoms with E-state index in [9.17, 15) is 4.79 Å². The van der Waals surface area contributed by atoms with E-state index in [1.807, 2.05) is 13.8 Å². The lowest BCUT2D eigenvalue weighted by atomic mass is 10.2. The maximum Gasteiger partial charge on any atom is 0.323 e. The zero-order valence-corrected chi connectivity index (χ0v) is 9.32. The minimum absolute atomic E-state index is 0.0938. The standard InChI is InChI=1S/C10H20N2O2/c1-4-14-10(13)9(2)12-7-5-11(3)6-8-12/h9H,4-8H2,1-3H3. The second kappa shape index (κ2) is 5.32. The van der Waals surface area contributed by atoms with Crippen LogP contribution < -0.4 is 0 Å².